The maximum atomic E-state index is 13.2. The number of hydrogen-bond donors (Lipinski definition) is 0. The van der Waals surface area contributed by atoms with Gasteiger partial charge in [-0.05, 0) is 41.6 Å². The van der Waals surface area contributed by atoms with Crippen LogP contribution >= 0.6 is 11.3 Å². The molecule has 120 valence electrons. The summed E-state index contributed by atoms with van der Waals surface area (Å²) in [7, 11) is 0. The summed E-state index contributed by atoms with van der Waals surface area (Å²) in [6.45, 7) is 3.26. The Labute approximate surface area is 137 Å². The second-order valence-corrected chi connectivity index (χ2v) is 7.08. The number of rotatable bonds is 2. The van der Waals surface area contributed by atoms with E-state index in [2.05, 4.69) is 16.3 Å². The fraction of sp³-hybridized carbons (Fsp3) is 0.353. The van der Waals surface area contributed by atoms with Crippen LogP contribution in [0.25, 0.3) is 0 Å². The molecule has 1 aromatic carbocycles. The molecule has 0 atom stereocenters. The van der Waals surface area contributed by atoms with E-state index in [0.29, 0.717) is 19.1 Å². The highest BCUT2D eigenvalue weighted by Crippen LogP contribution is 2.28. The van der Waals surface area contributed by atoms with Gasteiger partial charge in [0.25, 0.3) is 5.91 Å². The van der Waals surface area contributed by atoms with Gasteiger partial charge < -0.3 is 4.90 Å². The van der Waals surface area contributed by atoms with Crippen molar-refractivity contribution in [2.45, 2.75) is 19.0 Å². The molecule has 2 aromatic rings. The summed E-state index contributed by atoms with van der Waals surface area (Å²) in [5.41, 5.74) is 1.60. The van der Waals surface area contributed by atoms with Gasteiger partial charge in [-0.2, -0.15) is 0 Å². The third kappa shape index (κ3) is 2.66. The molecule has 23 heavy (non-hydrogen) atoms. The first-order chi connectivity index (χ1) is 11.1. The van der Waals surface area contributed by atoms with Crippen LogP contribution in [0.5, 0.6) is 0 Å². The first kappa shape index (κ1) is 14.8. The lowest BCUT2D eigenvalue weighted by atomic mass is 10.0. The molecule has 0 saturated carbocycles. The lowest BCUT2D eigenvalue weighted by Crippen LogP contribution is -2.61. The van der Waals surface area contributed by atoms with E-state index in [-0.39, 0.29) is 11.5 Å². The molecule has 0 radical (unpaired) electrons. The molecule has 1 fully saturated rings. The van der Waals surface area contributed by atoms with Gasteiger partial charge in [-0.15, -0.1) is 11.3 Å². The lowest BCUT2D eigenvalue weighted by Gasteiger charge is -2.46. The average Bonchev–Trinajstić information content (AvgIpc) is 2.96. The lowest BCUT2D eigenvalue weighted by molar-refractivity contribution is 0.0220. The Morgan fingerprint density at radius 2 is 2.00 bits per heavy atom. The van der Waals surface area contributed by atoms with Gasteiger partial charge in [0.05, 0.1) is 0 Å². The Morgan fingerprint density at radius 1 is 1.17 bits per heavy atom. The molecule has 2 aliphatic rings. The van der Waals surface area contributed by atoms with Crippen molar-refractivity contribution in [1.82, 2.24) is 9.80 Å². The molecule has 0 unspecified atom stereocenters. The van der Waals surface area contributed by atoms with E-state index in [1.807, 2.05) is 11.3 Å². The quantitative estimate of drug-likeness (QED) is 0.843. The molecule has 3 nitrogen and oxygen atoms in total. The Hall–Kier alpha value is -1.79. The largest absolute Gasteiger partial charge is 0.335 e. The number of carbonyl (C=O) groups is 1. The van der Waals surface area contributed by atoms with E-state index in [1.165, 1.54) is 16.5 Å². The van der Waals surface area contributed by atoms with Crippen molar-refractivity contribution in [3.63, 3.8) is 0 Å². The van der Waals surface area contributed by atoms with Crippen molar-refractivity contribution in [2.24, 2.45) is 0 Å². The van der Waals surface area contributed by atoms with Gasteiger partial charge in [-0.25, -0.2) is 8.78 Å². The summed E-state index contributed by atoms with van der Waals surface area (Å²) < 4.78 is 26.2. The Morgan fingerprint density at radius 3 is 2.78 bits per heavy atom. The first-order valence-corrected chi connectivity index (χ1v) is 8.53. The first-order valence-electron chi connectivity index (χ1n) is 7.65. The molecule has 2 aliphatic heterocycles. The maximum absolute atomic E-state index is 13.2. The van der Waals surface area contributed by atoms with Gasteiger partial charge in [0.1, 0.15) is 0 Å². The summed E-state index contributed by atoms with van der Waals surface area (Å²) in [6, 6.07) is 5.85. The van der Waals surface area contributed by atoms with Crippen molar-refractivity contribution in [1.29, 1.82) is 0 Å². The fourth-order valence-electron chi connectivity index (χ4n) is 3.25. The topological polar surface area (TPSA) is 23.6 Å². The summed E-state index contributed by atoms with van der Waals surface area (Å²) in [5, 5.41) is 2.13. The Bertz CT molecular complexity index is 755. The fourth-order valence-corrected chi connectivity index (χ4v) is 4.14. The van der Waals surface area contributed by atoms with E-state index in [9.17, 15) is 13.6 Å². The van der Waals surface area contributed by atoms with Gasteiger partial charge in [0.15, 0.2) is 11.6 Å². The zero-order valence-corrected chi connectivity index (χ0v) is 13.3. The smallest absolute Gasteiger partial charge is 0.254 e. The standard InChI is InChI=1S/C17H16F2N2OS/c18-14-2-1-11(7-15(14)19)17(22)21-9-13(10-21)20-5-3-16-12(8-20)4-6-23-16/h1-2,4,6-7,13H,3,5,8-10H2. The van der Waals surface area contributed by atoms with Gasteiger partial charge in [-0.3, -0.25) is 9.69 Å². The van der Waals surface area contributed by atoms with E-state index >= 15 is 0 Å². The van der Waals surface area contributed by atoms with Crippen LogP contribution in [0, 0.1) is 11.6 Å². The maximum Gasteiger partial charge on any atom is 0.254 e. The molecule has 1 aromatic heterocycles. The van der Waals surface area contributed by atoms with Gasteiger partial charge in [-0.1, -0.05) is 0 Å². The molecular formula is C17H16F2N2OS. The highest BCUT2D eigenvalue weighted by atomic mass is 32.1. The minimum Gasteiger partial charge on any atom is -0.335 e. The van der Waals surface area contributed by atoms with Crippen LogP contribution in [0.15, 0.2) is 29.6 Å². The van der Waals surface area contributed by atoms with Crippen molar-refractivity contribution >= 4 is 17.2 Å². The third-order valence-electron chi connectivity index (χ3n) is 4.67. The number of hydrogen-bond acceptors (Lipinski definition) is 3. The SMILES string of the molecule is O=C(c1ccc(F)c(F)c1)N1CC(N2CCc3sccc3C2)C1. The number of nitrogens with zero attached hydrogens (tertiary/aromatic N) is 2. The van der Waals surface area contributed by atoms with E-state index in [4.69, 9.17) is 0 Å². The van der Waals surface area contributed by atoms with Crippen LogP contribution in [0.1, 0.15) is 20.8 Å². The number of thiophene rings is 1. The number of likely N-dealkylation sites (tertiary alicyclic amines) is 1. The van der Waals surface area contributed by atoms with Gasteiger partial charge in [0, 0.05) is 42.7 Å². The van der Waals surface area contributed by atoms with Crippen molar-refractivity contribution in [3.05, 3.63) is 57.3 Å². The number of fused-ring (bicyclic) bond motifs is 1. The monoisotopic (exact) mass is 334 g/mol. The van der Waals surface area contributed by atoms with Crippen LogP contribution in [0.3, 0.4) is 0 Å². The van der Waals surface area contributed by atoms with Crippen LogP contribution in [-0.4, -0.2) is 41.4 Å². The molecule has 1 saturated heterocycles. The summed E-state index contributed by atoms with van der Waals surface area (Å²) in [5.74, 6) is -2.13. The molecule has 3 heterocycles. The third-order valence-corrected chi connectivity index (χ3v) is 5.69. The second-order valence-electron chi connectivity index (χ2n) is 6.08. The van der Waals surface area contributed by atoms with E-state index < -0.39 is 11.6 Å². The van der Waals surface area contributed by atoms with Crippen LogP contribution in [0.2, 0.25) is 0 Å². The predicted molar refractivity (Wildman–Crippen MR) is 84.5 cm³/mol. The van der Waals surface area contributed by atoms with Gasteiger partial charge >= 0.3 is 0 Å². The van der Waals surface area contributed by atoms with E-state index in [0.717, 1.165) is 31.6 Å². The van der Waals surface area contributed by atoms with Gasteiger partial charge in [0.2, 0.25) is 0 Å². The van der Waals surface area contributed by atoms with Crippen LogP contribution < -0.4 is 0 Å². The number of benzene rings is 1. The molecule has 0 N–H and O–H groups in total. The molecule has 0 bridgehead atoms. The number of amides is 1. The Balaban J connectivity index is 1.38. The zero-order chi connectivity index (χ0) is 16.0. The van der Waals surface area contributed by atoms with Crippen LogP contribution in [-0.2, 0) is 13.0 Å². The average molecular weight is 334 g/mol. The van der Waals surface area contributed by atoms with Crippen molar-refractivity contribution < 1.29 is 13.6 Å². The number of carbonyl (C=O) groups excluding carboxylic acids is 1. The summed E-state index contributed by atoms with van der Waals surface area (Å²) >= 11 is 1.81. The minimum absolute atomic E-state index is 0.209. The molecule has 0 spiro atoms. The molecule has 0 aliphatic carbocycles. The highest BCUT2D eigenvalue weighted by Gasteiger charge is 2.36. The summed E-state index contributed by atoms with van der Waals surface area (Å²) in [4.78, 5) is 17.9. The van der Waals surface area contributed by atoms with Crippen molar-refractivity contribution in [2.75, 3.05) is 19.6 Å². The van der Waals surface area contributed by atoms with Crippen LogP contribution in [0.4, 0.5) is 8.78 Å². The number of halogens is 2. The minimum atomic E-state index is -0.978. The molecule has 1 amide bonds. The zero-order valence-electron chi connectivity index (χ0n) is 12.5. The summed E-state index contributed by atoms with van der Waals surface area (Å²) in [6.07, 6.45) is 1.07. The van der Waals surface area contributed by atoms with E-state index in [1.54, 1.807) is 4.90 Å². The highest BCUT2D eigenvalue weighted by molar-refractivity contribution is 7.10. The van der Waals surface area contributed by atoms with Crippen molar-refractivity contribution in [3.8, 4) is 0 Å². The Kier molecular flexibility index (Phi) is 3.66. The molecule has 4 rings (SSSR count). The second kappa shape index (κ2) is 5.69. The molecule has 6 heteroatoms. The normalized spacial score (nSPS) is 18.6. The predicted octanol–water partition coefficient (Wildman–Crippen LogP) is 2.91. The molecular weight excluding hydrogens is 318 g/mol.